The molecule has 2 aliphatic heterocycles. The first-order valence-corrected chi connectivity index (χ1v) is 10.8. The predicted octanol–water partition coefficient (Wildman–Crippen LogP) is 2.39. The molecule has 2 fully saturated rings. The molecule has 1 aromatic heterocycles. The highest BCUT2D eigenvalue weighted by Crippen LogP contribution is 2.22. The van der Waals surface area contributed by atoms with Crippen molar-refractivity contribution in [2.45, 2.75) is 26.2 Å². The van der Waals surface area contributed by atoms with Gasteiger partial charge in [-0.25, -0.2) is 9.97 Å². The van der Waals surface area contributed by atoms with Crippen LogP contribution in [0.25, 0.3) is 0 Å². The second kappa shape index (κ2) is 9.35. The molecular formula is C23H31N5O. The molecule has 1 amide bonds. The van der Waals surface area contributed by atoms with Gasteiger partial charge in [-0.2, -0.15) is 0 Å². The summed E-state index contributed by atoms with van der Waals surface area (Å²) in [6.07, 6.45) is 5.17. The molecule has 154 valence electrons. The molecule has 3 heterocycles. The van der Waals surface area contributed by atoms with Gasteiger partial charge < -0.3 is 9.80 Å². The molecule has 0 saturated carbocycles. The van der Waals surface area contributed by atoms with Crippen LogP contribution in [0.2, 0.25) is 0 Å². The van der Waals surface area contributed by atoms with E-state index in [1.807, 2.05) is 19.2 Å². The van der Waals surface area contributed by atoms with Crippen molar-refractivity contribution >= 4 is 11.9 Å². The highest BCUT2D eigenvalue weighted by atomic mass is 16.2. The van der Waals surface area contributed by atoms with E-state index in [-0.39, 0.29) is 5.91 Å². The summed E-state index contributed by atoms with van der Waals surface area (Å²) in [4.78, 5) is 28.2. The minimum Gasteiger partial charge on any atom is -0.342 e. The Morgan fingerprint density at radius 2 is 1.72 bits per heavy atom. The molecular weight excluding hydrogens is 362 g/mol. The number of amides is 1. The zero-order valence-corrected chi connectivity index (χ0v) is 17.3. The fraction of sp³-hybridized carbons (Fsp3) is 0.522. The van der Waals surface area contributed by atoms with Crippen molar-refractivity contribution in [3.63, 3.8) is 0 Å². The molecule has 0 atom stereocenters. The van der Waals surface area contributed by atoms with Crippen LogP contribution in [-0.4, -0.2) is 71.5 Å². The summed E-state index contributed by atoms with van der Waals surface area (Å²) in [6, 6.07) is 12.6. The Bertz CT molecular complexity index is 796. The normalized spacial score (nSPS) is 18.8. The number of hydrogen-bond acceptors (Lipinski definition) is 5. The molecule has 4 rings (SSSR count). The smallest absolute Gasteiger partial charge is 0.236 e. The van der Waals surface area contributed by atoms with Gasteiger partial charge >= 0.3 is 0 Å². The molecule has 2 aliphatic rings. The van der Waals surface area contributed by atoms with E-state index in [4.69, 9.17) is 0 Å². The lowest BCUT2D eigenvalue weighted by molar-refractivity contribution is -0.133. The van der Waals surface area contributed by atoms with E-state index in [2.05, 4.69) is 55.0 Å². The van der Waals surface area contributed by atoms with Crippen LogP contribution in [-0.2, 0) is 11.2 Å². The summed E-state index contributed by atoms with van der Waals surface area (Å²) in [5.74, 6) is 1.78. The van der Waals surface area contributed by atoms with E-state index < -0.39 is 0 Å². The van der Waals surface area contributed by atoms with Gasteiger partial charge in [0.05, 0.1) is 6.54 Å². The monoisotopic (exact) mass is 393 g/mol. The van der Waals surface area contributed by atoms with Gasteiger partial charge in [-0.1, -0.05) is 30.3 Å². The van der Waals surface area contributed by atoms with Gasteiger partial charge in [0.25, 0.3) is 0 Å². The maximum absolute atomic E-state index is 12.8. The molecule has 0 unspecified atom stereocenters. The average Bonchev–Trinajstić information content (AvgIpc) is 2.75. The topological polar surface area (TPSA) is 52.6 Å². The highest BCUT2D eigenvalue weighted by Gasteiger charge is 2.26. The van der Waals surface area contributed by atoms with E-state index >= 15 is 0 Å². The largest absolute Gasteiger partial charge is 0.342 e. The number of carbonyl (C=O) groups is 1. The maximum Gasteiger partial charge on any atom is 0.236 e. The van der Waals surface area contributed by atoms with Gasteiger partial charge in [0.2, 0.25) is 11.9 Å². The first kappa shape index (κ1) is 19.8. The summed E-state index contributed by atoms with van der Waals surface area (Å²) in [6.45, 7) is 7.82. The Morgan fingerprint density at radius 1 is 1.00 bits per heavy atom. The Hall–Kier alpha value is -2.47. The van der Waals surface area contributed by atoms with Crippen molar-refractivity contribution in [3.8, 4) is 0 Å². The predicted molar refractivity (Wildman–Crippen MR) is 115 cm³/mol. The first-order valence-electron chi connectivity index (χ1n) is 10.8. The van der Waals surface area contributed by atoms with Crippen molar-refractivity contribution in [1.29, 1.82) is 0 Å². The SMILES string of the molecule is Cc1ccnc(N2CCN(CC(=O)N3CCC(Cc4ccccc4)CC3)CC2)n1. The molecule has 29 heavy (non-hydrogen) atoms. The number of likely N-dealkylation sites (tertiary alicyclic amines) is 1. The fourth-order valence-corrected chi connectivity index (χ4v) is 4.32. The molecule has 6 heteroatoms. The second-order valence-electron chi connectivity index (χ2n) is 8.28. The summed E-state index contributed by atoms with van der Waals surface area (Å²) in [7, 11) is 0. The third kappa shape index (κ3) is 5.32. The highest BCUT2D eigenvalue weighted by molar-refractivity contribution is 5.78. The molecule has 0 radical (unpaired) electrons. The summed E-state index contributed by atoms with van der Waals surface area (Å²) in [5.41, 5.74) is 2.40. The van der Waals surface area contributed by atoms with Crippen molar-refractivity contribution in [2.75, 3.05) is 50.7 Å². The van der Waals surface area contributed by atoms with Gasteiger partial charge in [0.1, 0.15) is 0 Å². The Labute approximate surface area is 173 Å². The average molecular weight is 394 g/mol. The number of benzene rings is 1. The number of aryl methyl sites for hydroxylation is 1. The Kier molecular flexibility index (Phi) is 6.39. The maximum atomic E-state index is 12.8. The molecule has 6 nitrogen and oxygen atoms in total. The minimum absolute atomic E-state index is 0.281. The third-order valence-corrected chi connectivity index (χ3v) is 6.13. The Balaban J connectivity index is 1.20. The van der Waals surface area contributed by atoms with E-state index in [0.29, 0.717) is 12.5 Å². The van der Waals surface area contributed by atoms with Gasteiger partial charge in [0.15, 0.2) is 0 Å². The van der Waals surface area contributed by atoms with E-state index in [1.165, 1.54) is 5.56 Å². The van der Waals surface area contributed by atoms with Crippen LogP contribution in [0.15, 0.2) is 42.6 Å². The molecule has 1 aromatic carbocycles. The lowest BCUT2D eigenvalue weighted by Crippen LogP contribution is -2.51. The number of nitrogens with zero attached hydrogens (tertiary/aromatic N) is 5. The van der Waals surface area contributed by atoms with Crippen molar-refractivity contribution in [2.24, 2.45) is 5.92 Å². The van der Waals surface area contributed by atoms with Gasteiger partial charge in [0, 0.05) is 51.2 Å². The number of anilines is 1. The summed E-state index contributed by atoms with van der Waals surface area (Å²) < 4.78 is 0. The number of carbonyl (C=O) groups excluding carboxylic acids is 1. The minimum atomic E-state index is 0.281. The van der Waals surface area contributed by atoms with Crippen LogP contribution in [0.3, 0.4) is 0 Å². The number of hydrogen-bond donors (Lipinski definition) is 0. The van der Waals surface area contributed by atoms with Crippen molar-refractivity contribution < 1.29 is 4.79 Å². The quantitative estimate of drug-likeness (QED) is 0.781. The van der Waals surface area contributed by atoms with Gasteiger partial charge in [-0.05, 0) is 43.7 Å². The van der Waals surface area contributed by atoms with E-state index in [9.17, 15) is 4.79 Å². The number of aromatic nitrogens is 2. The molecule has 0 spiro atoms. The van der Waals surface area contributed by atoms with Crippen LogP contribution >= 0.6 is 0 Å². The second-order valence-corrected chi connectivity index (χ2v) is 8.28. The van der Waals surface area contributed by atoms with E-state index in [1.54, 1.807) is 0 Å². The molecule has 0 aliphatic carbocycles. The third-order valence-electron chi connectivity index (χ3n) is 6.13. The van der Waals surface area contributed by atoms with Crippen LogP contribution in [0, 0.1) is 12.8 Å². The van der Waals surface area contributed by atoms with Gasteiger partial charge in [-0.15, -0.1) is 0 Å². The molecule has 0 N–H and O–H groups in total. The molecule has 2 saturated heterocycles. The van der Waals surface area contributed by atoms with Crippen LogP contribution in [0.1, 0.15) is 24.1 Å². The summed E-state index contributed by atoms with van der Waals surface area (Å²) >= 11 is 0. The number of piperidine rings is 1. The van der Waals surface area contributed by atoms with Crippen LogP contribution < -0.4 is 4.90 Å². The molecule has 0 bridgehead atoms. The lowest BCUT2D eigenvalue weighted by Gasteiger charge is -2.37. The first-order chi connectivity index (χ1) is 14.2. The Morgan fingerprint density at radius 3 is 2.41 bits per heavy atom. The van der Waals surface area contributed by atoms with Crippen molar-refractivity contribution in [1.82, 2.24) is 19.8 Å². The van der Waals surface area contributed by atoms with E-state index in [0.717, 1.165) is 70.2 Å². The van der Waals surface area contributed by atoms with Gasteiger partial charge in [-0.3, -0.25) is 9.69 Å². The number of piperazine rings is 1. The van der Waals surface area contributed by atoms with Crippen molar-refractivity contribution in [3.05, 3.63) is 53.9 Å². The number of rotatable bonds is 5. The summed E-state index contributed by atoms with van der Waals surface area (Å²) in [5, 5.41) is 0. The standard InChI is InChI=1S/C23H31N5O/c1-19-7-10-24-23(25-19)28-15-13-26(14-16-28)18-22(29)27-11-8-21(9-12-27)17-20-5-3-2-4-6-20/h2-7,10,21H,8-9,11-18H2,1H3. The lowest BCUT2D eigenvalue weighted by atomic mass is 9.90. The zero-order valence-electron chi connectivity index (χ0n) is 17.3. The van der Waals surface area contributed by atoms with Crippen LogP contribution in [0.5, 0.6) is 0 Å². The van der Waals surface area contributed by atoms with Crippen LogP contribution in [0.4, 0.5) is 5.95 Å². The fourth-order valence-electron chi connectivity index (χ4n) is 4.32. The zero-order chi connectivity index (χ0) is 20.1. The molecule has 2 aromatic rings.